The highest BCUT2D eigenvalue weighted by atomic mass is 19.4. The highest BCUT2D eigenvalue weighted by Gasteiger charge is 2.30. The molecule has 2 rings (SSSR count). The van der Waals surface area contributed by atoms with E-state index < -0.39 is 11.7 Å². The van der Waals surface area contributed by atoms with Crippen molar-refractivity contribution in [1.29, 1.82) is 0 Å². The Morgan fingerprint density at radius 2 is 1.58 bits per heavy atom. The number of benzene rings is 1. The van der Waals surface area contributed by atoms with Crippen LogP contribution in [0, 0.1) is 0 Å². The molecule has 0 bridgehead atoms. The van der Waals surface area contributed by atoms with Crippen molar-refractivity contribution in [2.45, 2.75) is 18.6 Å². The smallest absolute Gasteiger partial charge is 0.324 e. The van der Waals surface area contributed by atoms with Crippen molar-refractivity contribution in [3.05, 3.63) is 65.5 Å². The van der Waals surface area contributed by atoms with Crippen LogP contribution in [0.1, 0.15) is 22.7 Å². The maximum absolute atomic E-state index is 12.4. The minimum absolute atomic E-state index is 0.329. The number of alkyl halides is 3. The van der Waals surface area contributed by atoms with Crippen molar-refractivity contribution in [2.24, 2.45) is 5.73 Å². The third-order valence-electron chi connectivity index (χ3n) is 2.87. The fraction of sp³-hybridized carbons (Fsp3) is 0.214. The maximum atomic E-state index is 12.4. The zero-order valence-corrected chi connectivity index (χ0v) is 10.1. The Morgan fingerprint density at radius 3 is 2.11 bits per heavy atom. The molecule has 2 N–H and O–H groups in total. The predicted octanol–water partition coefficient (Wildman–Crippen LogP) is 3.34. The number of hydrogen-bond acceptors (Lipinski definition) is 2. The van der Waals surface area contributed by atoms with Gasteiger partial charge in [0, 0.05) is 18.4 Å². The van der Waals surface area contributed by atoms with Gasteiger partial charge in [0.05, 0.1) is 5.56 Å². The van der Waals surface area contributed by atoms with E-state index in [9.17, 15) is 13.2 Å². The third-order valence-corrected chi connectivity index (χ3v) is 2.87. The molecular weight excluding hydrogens is 253 g/mol. The molecule has 0 saturated heterocycles. The van der Waals surface area contributed by atoms with Crippen molar-refractivity contribution >= 4 is 0 Å². The molecule has 0 amide bonds. The van der Waals surface area contributed by atoms with E-state index in [1.807, 2.05) is 12.1 Å². The van der Waals surface area contributed by atoms with Crippen LogP contribution in [0.4, 0.5) is 13.2 Å². The lowest BCUT2D eigenvalue weighted by Crippen LogP contribution is -2.14. The lowest BCUT2D eigenvalue weighted by atomic mass is 9.99. The lowest BCUT2D eigenvalue weighted by Gasteiger charge is -2.13. The van der Waals surface area contributed by atoms with E-state index >= 15 is 0 Å². The summed E-state index contributed by atoms with van der Waals surface area (Å²) in [6, 6.07) is 8.31. The Balaban J connectivity index is 2.10. The Labute approximate surface area is 109 Å². The summed E-state index contributed by atoms with van der Waals surface area (Å²) < 4.78 is 37.3. The van der Waals surface area contributed by atoms with Crippen LogP contribution in [0.3, 0.4) is 0 Å². The number of aromatic nitrogens is 1. The van der Waals surface area contributed by atoms with Crippen molar-refractivity contribution < 1.29 is 13.2 Å². The molecule has 1 heterocycles. The second-order valence-corrected chi connectivity index (χ2v) is 4.29. The van der Waals surface area contributed by atoms with Gasteiger partial charge in [-0.15, -0.1) is 0 Å². The summed E-state index contributed by atoms with van der Waals surface area (Å²) in [5.41, 5.74) is 7.01. The third kappa shape index (κ3) is 3.54. The van der Waals surface area contributed by atoms with Gasteiger partial charge < -0.3 is 5.73 Å². The number of hydrogen-bond donors (Lipinski definition) is 1. The molecule has 0 aliphatic heterocycles. The standard InChI is InChI=1S/C14H13F3N2/c15-14(16,17)12-3-1-11(2-4-12)13(18)9-10-5-7-19-8-6-10/h1-8,13H,9,18H2. The van der Waals surface area contributed by atoms with E-state index in [1.54, 1.807) is 12.4 Å². The number of nitrogens with two attached hydrogens (primary N) is 1. The van der Waals surface area contributed by atoms with Crippen LogP contribution in [0.5, 0.6) is 0 Å². The van der Waals surface area contributed by atoms with Crippen molar-refractivity contribution in [2.75, 3.05) is 0 Å². The monoisotopic (exact) mass is 266 g/mol. The molecule has 1 aromatic heterocycles. The zero-order valence-electron chi connectivity index (χ0n) is 10.1. The fourth-order valence-corrected chi connectivity index (χ4v) is 1.81. The SMILES string of the molecule is NC(Cc1ccncc1)c1ccc(C(F)(F)F)cc1. The van der Waals surface area contributed by atoms with Crippen molar-refractivity contribution in [1.82, 2.24) is 4.98 Å². The molecule has 1 atom stereocenters. The lowest BCUT2D eigenvalue weighted by molar-refractivity contribution is -0.137. The zero-order chi connectivity index (χ0) is 13.9. The van der Waals surface area contributed by atoms with Crippen LogP contribution in [-0.2, 0) is 12.6 Å². The van der Waals surface area contributed by atoms with Crippen molar-refractivity contribution in [3.8, 4) is 0 Å². The predicted molar refractivity (Wildman–Crippen MR) is 66.3 cm³/mol. The first-order valence-corrected chi connectivity index (χ1v) is 5.78. The van der Waals surface area contributed by atoms with Crippen LogP contribution in [0.25, 0.3) is 0 Å². The van der Waals surface area contributed by atoms with Gasteiger partial charge in [0.2, 0.25) is 0 Å². The Hall–Kier alpha value is -1.88. The topological polar surface area (TPSA) is 38.9 Å². The molecule has 2 aromatic rings. The summed E-state index contributed by atoms with van der Waals surface area (Å²) in [7, 11) is 0. The van der Waals surface area contributed by atoms with Gasteiger partial charge >= 0.3 is 6.18 Å². The van der Waals surface area contributed by atoms with E-state index in [0.29, 0.717) is 12.0 Å². The summed E-state index contributed by atoms with van der Waals surface area (Å²) in [4.78, 5) is 3.90. The highest BCUT2D eigenvalue weighted by Crippen LogP contribution is 2.30. The van der Waals surface area contributed by atoms with Crippen LogP contribution in [0.2, 0.25) is 0 Å². The first-order valence-electron chi connectivity index (χ1n) is 5.78. The number of halogens is 3. The molecule has 0 aliphatic carbocycles. The first-order chi connectivity index (χ1) is 8.97. The van der Waals surface area contributed by atoms with E-state index in [4.69, 9.17) is 5.73 Å². The second-order valence-electron chi connectivity index (χ2n) is 4.29. The molecule has 5 heteroatoms. The van der Waals surface area contributed by atoms with E-state index in [2.05, 4.69) is 4.98 Å². The molecule has 0 aliphatic rings. The molecule has 0 fully saturated rings. The van der Waals surface area contributed by atoms with Gasteiger partial charge in [0.15, 0.2) is 0 Å². The molecule has 1 aromatic carbocycles. The Morgan fingerprint density at radius 1 is 1.00 bits per heavy atom. The summed E-state index contributed by atoms with van der Waals surface area (Å²) in [5.74, 6) is 0. The largest absolute Gasteiger partial charge is 0.416 e. The molecule has 100 valence electrons. The van der Waals surface area contributed by atoms with Gasteiger partial charge in [-0.3, -0.25) is 4.98 Å². The molecule has 0 saturated carbocycles. The highest BCUT2D eigenvalue weighted by molar-refractivity contribution is 5.28. The van der Waals surface area contributed by atoms with E-state index in [1.165, 1.54) is 12.1 Å². The molecule has 19 heavy (non-hydrogen) atoms. The molecule has 1 unspecified atom stereocenters. The fourth-order valence-electron chi connectivity index (χ4n) is 1.81. The second kappa shape index (κ2) is 5.40. The summed E-state index contributed by atoms with van der Waals surface area (Å²) in [5, 5.41) is 0. The normalized spacial score (nSPS) is 13.3. The number of nitrogens with zero attached hydrogens (tertiary/aromatic N) is 1. The molecule has 0 radical (unpaired) electrons. The minimum atomic E-state index is -4.31. The molecule has 2 nitrogen and oxygen atoms in total. The van der Waals surface area contributed by atoms with Gasteiger partial charge in [-0.05, 0) is 41.8 Å². The summed E-state index contributed by atoms with van der Waals surface area (Å²) >= 11 is 0. The van der Waals surface area contributed by atoms with E-state index in [0.717, 1.165) is 17.7 Å². The van der Waals surface area contributed by atoms with Crippen LogP contribution in [0.15, 0.2) is 48.8 Å². The van der Waals surface area contributed by atoms with E-state index in [-0.39, 0.29) is 6.04 Å². The maximum Gasteiger partial charge on any atom is 0.416 e. The van der Waals surface area contributed by atoms with Crippen LogP contribution < -0.4 is 5.73 Å². The summed E-state index contributed by atoms with van der Waals surface area (Å²) in [6.07, 6.45) is -0.425. The van der Waals surface area contributed by atoms with Gasteiger partial charge in [-0.1, -0.05) is 12.1 Å². The Bertz CT molecular complexity index is 521. The molecular formula is C14H13F3N2. The number of rotatable bonds is 3. The average Bonchev–Trinajstić information content (AvgIpc) is 2.39. The number of pyridine rings is 1. The quantitative estimate of drug-likeness (QED) is 0.925. The van der Waals surface area contributed by atoms with Crippen LogP contribution in [-0.4, -0.2) is 4.98 Å². The van der Waals surface area contributed by atoms with Gasteiger partial charge in [0.1, 0.15) is 0 Å². The average molecular weight is 266 g/mol. The van der Waals surface area contributed by atoms with Gasteiger partial charge in [-0.2, -0.15) is 13.2 Å². The van der Waals surface area contributed by atoms with Crippen LogP contribution >= 0.6 is 0 Å². The molecule has 0 spiro atoms. The van der Waals surface area contributed by atoms with Crippen molar-refractivity contribution in [3.63, 3.8) is 0 Å². The van der Waals surface area contributed by atoms with Gasteiger partial charge in [-0.25, -0.2) is 0 Å². The summed E-state index contributed by atoms with van der Waals surface area (Å²) in [6.45, 7) is 0. The minimum Gasteiger partial charge on any atom is -0.324 e. The Kier molecular flexibility index (Phi) is 3.85. The van der Waals surface area contributed by atoms with Gasteiger partial charge in [0.25, 0.3) is 0 Å². The first kappa shape index (κ1) is 13.5.